The van der Waals surface area contributed by atoms with Gasteiger partial charge in [-0.25, -0.2) is 4.98 Å². The Labute approximate surface area is 141 Å². The van der Waals surface area contributed by atoms with Gasteiger partial charge < -0.3 is 4.74 Å². The number of aryl methyl sites for hydroxylation is 1. The molecule has 4 rings (SSSR count). The second kappa shape index (κ2) is 6.71. The molecule has 1 aliphatic carbocycles. The Balaban J connectivity index is 1.38. The number of aromatic nitrogens is 3. The van der Waals surface area contributed by atoms with Crippen molar-refractivity contribution >= 4 is 11.3 Å². The molecule has 0 radical (unpaired) electrons. The van der Waals surface area contributed by atoms with E-state index in [1.165, 1.54) is 29.1 Å². The van der Waals surface area contributed by atoms with Crippen LogP contribution >= 0.6 is 11.3 Å². The first-order chi connectivity index (χ1) is 11.3. The Morgan fingerprint density at radius 1 is 1.39 bits per heavy atom. The Kier molecular flexibility index (Phi) is 4.46. The predicted molar refractivity (Wildman–Crippen MR) is 90.4 cm³/mol. The second-order valence-electron chi connectivity index (χ2n) is 6.76. The van der Waals surface area contributed by atoms with E-state index in [0.29, 0.717) is 6.04 Å². The fraction of sp³-hybridized carbons (Fsp3) is 0.647. The van der Waals surface area contributed by atoms with Crippen LogP contribution in [0.25, 0.3) is 0 Å². The largest absolute Gasteiger partial charge is 0.381 e. The summed E-state index contributed by atoms with van der Waals surface area (Å²) in [6, 6.07) is 2.56. The van der Waals surface area contributed by atoms with Gasteiger partial charge in [0.1, 0.15) is 0 Å². The highest BCUT2D eigenvalue weighted by molar-refractivity contribution is 7.09. The summed E-state index contributed by atoms with van der Waals surface area (Å²) in [5.41, 5.74) is 4.42. The number of nitrogens with zero attached hydrogens (tertiary/aromatic N) is 4. The minimum atomic E-state index is 0.418. The van der Waals surface area contributed by atoms with Gasteiger partial charge in [-0.1, -0.05) is 0 Å². The number of thiazole rings is 1. The smallest absolute Gasteiger partial charge is 0.0798 e. The molecule has 1 aliphatic heterocycles. The van der Waals surface area contributed by atoms with Gasteiger partial charge in [-0.15, -0.1) is 11.3 Å². The normalized spacial score (nSPS) is 21.5. The lowest BCUT2D eigenvalue weighted by Gasteiger charge is -2.33. The maximum Gasteiger partial charge on any atom is 0.0798 e. The molecule has 23 heavy (non-hydrogen) atoms. The molecule has 0 aromatic carbocycles. The highest BCUT2D eigenvalue weighted by atomic mass is 32.1. The molecule has 2 aliphatic rings. The van der Waals surface area contributed by atoms with E-state index >= 15 is 0 Å². The first-order valence-electron chi connectivity index (χ1n) is 8.51. The number of rotatable bonds is 7. The van der Waals surface area contributed by atoms with Crippen molar-refractivity contribution in [1.29, 1.82) is 0 Å². The zero-order valence-electron chi connectivity index (χ0n) is 13.6. The molecule has 0 bridgehead atoms. The standard InChI is InChI=1S/C17H24N4OS/c1-13-17(23-12-18-13)10-20-8-15-4-6-19-21(15)16(9-20)5-7-22-11-14-2-3-14/h4,6,12,14,16H,2-3,5,7-11H2,1H3/t16-/m1/s1. The van der Waals surface area contributed by atoms with Crippen molar-refractivity contribution in [2.45, 2.75) is 45.3 Å². The third kappa shape index (κ3) is 3.65. The Hall–Kier alpha value is -1.24. The van der Waals surface area contributed by atoms with Crippen LogP contribution in [0.1, 0.15) is 41.6 Å². The predicted octanol–water partition coefficient (Wildman–Crippen LogP) is 3.02. The lowest BCUT2D eigenvalue weighted by molar-refractivity contribution is 0.0907. The third-order valence-electron chi connectivity index (χ3n) is 4.81. The highest BCUT2D eigenvalue weighted by Gasteiger charge is 2.26. The van der Waals surface area contributed by atoms with Crippen LogP contribution in [0.3, 0.4) is 0 Å². The molecule has 1 saturated carbocycles. The number of hydrogen-bond donors (Lipinski definition) is 0. The average Bonchev–Trinajstić information content (AvgIpc) is 3.10. The number of ether oxygens (including phenoxy) is 1. The summed E-state index contributed by atoms with van der Waals surface area (Å²) in [4.78, 5) is 8.27. The van der Waals surface area contributed by atoms with E-state index in [1.54, 1.807) is 11.3 Å². The molecule has 1 atom stereocenters. The topological polar surface area (TPSA) is 43.2 Å². The minimum absolute atomic E-state index is 0.418. The zero-order valence-corrected chi connectivity index (χ0v) is 14.5. The fourth-order valence-corrected chi connectivity index (χ4v) is 4.05. The van der Waals surface area contributed by atoms with E-state index in [2.05, 4.69) is 32.7 Å². The van der Waals surface area contributed by atoms with Gasteiger partial charge in [0.2, 0.25) is 0 Å². The average molecular weight is 332 g/mol. The summed E-state index contributed by atoms with van der Waals surface area (Å²) in [5, 5.41) is 4.54. The number of hydrogen-bond acceptors (Lipinski definition) is 5. The van der Waals surface area contributed by atoms with Gasteiger partial charge >= 0.3 is 0 Å². The summed E-state index contributed by atoms with van der Waals surface area (Å²) in [6.07, 6.45) is 5.68. The summed E-state index contributed by atoms with van der Waals surface area (Å²) < 4.78 is 8.05. The molecule has 3 heterocycles. The summed E-state index contributed by atoms with van der Waals surface area (Å²) in [6.45, 7) is 6.89. The molecule has 0 N–H and O–H groups in total. The second-order valence-corrected chi connectivity index (χ2v) is 7.70. The van der Waals surface area contributed by atoms with Gasteiger partial charge in [0.25, 0.3) is 0 Å². The summed E-state index contributed by atoms with van der Waals surface area (Å²) in [7, 11) is 0. The molecule has 2 aromatic heterocycles. The molecule has 2 aromatic rings. The Morgan fingerprint density at radius 3 is 3.09 bits per heavy atom. The lowest BCUT2D eigenvalue weighted by Crippen LogP contribution is -2.37. The molecule has 1 fully saturated rings. The Morgan fingerprint density at radius 2 is 2.30 bits per heavy atom. The van der Waals surface area contributed by atoms with Crippen LogP contribution < -0.4 is 0 Å². The maximum atomic E-state index is 5.84. The van der Waals surface area contributed by atoms with Crippen LogP contribution in [0.2, 0.25) is 0 Å². The zero-order chi connectivity index (χ0) is 15.6. The molecular weight excluding hydrogens is 308 g/mol. The lowest BCUT2D eigenvalue weighted by atomic mass is 10.1. The van der Waals surface area contributed by atoms with E-state index in [-0.39, 0.29) is 0 Å². The van der Waals surface area contributed by atoms with E-state index in [0.717, 1.165) is 45.2 Å². The minimum Gasteiger partial charge on any atom is -0.381 e. The molecule has 124 valence electrons. The van der Waals surface area contributed by atoms with Gasteiger partial charge in [0.15, 0.2) is 0 Å². The van der Waals surface area contributed by atoms with E-state index in [4.69, 9.17) is 4.74 Å². The quantitative estimate of drug-likeness (QED) is 0.731. The van der Waals surface area contributed by atoms with Crippen molar-refractivity contribution < 1.29 is 4.74 Å². The van der Waals surface area contributed by atoms with Gasteiger partial charge in [-0.05, 0) is 38.2 Å². The van der Waals surface area contributed by atoms with Crippen LogP contribution in [0.4, 0.5) is 0 Å². The van der Waals surface area contributed by atoms with Gasteiger partial charge in [-0.2, -0.15) is 5.10 Å². The molecule has 5 nitrogen and oxygen atoms in total. The maximum absolute atomic E-state index is 5.84. The molecule has 0 amide bonds. The van der Waals surface area contributed by atoms with Crippen LogP contribution in [0, 0.1) is 12.8 Å². The van der Waals surface area contributed by atoms with Crippen molar-refractivity contribution in [1.82, 2.24) is 19.7 Å². The highest BCUT2D eigenvalue weighted by Crippen LogP contribution is 2.29. The first kappa shape index (κ1) is 15.3. The van der Waals surface area contributed by atoms with Gasteiger partial charge in [-0.3, -0.25) is 9.58 Å². The molecule has 0 spiro atoms. The van der Waals surface area contributed by atoms with E-state index in [9.17, 15) is 0 Å². The van der Waals surface area contributed by atoms with Crippen molar-refractivity contribution in [2.24, 2.45) is 5.92 Å². The van der Waals surface area contributed by atoms with Crippen molar-refractivity contribution in [2.75, 3.05) is 19.8 Å². The molecular formula is C17H24N4OS. The Bertz CT molecular complexity index is 649. The van der Waals surface area contributed by atoms with Crippen molar-refractivity contribution in [3.05, 3.63) is 34.0 Å². The van der Waals surface area contributed by atoms with Crippen molar-refractivity contribution in [3.8, 4) is 0 Å². The molecule has 6 heteroatoms. The van der Waals surface area contributed by atoms with E-state index < -0.39 is 0 Å². The van der Waals surface area contributed by atoms with Gasteiger partial charge in [0.05, 0.1) is 22.9 Å². The van der Waals surface area contributed by atoms with Crippen LogP contribution in [0.15, 0.2) is 17.8 Å². The van der Waals surface area contributed by atoms with Gasteiger partial charge in [0, 0.05) is 43.9 Å². The SMILES string of the molecule is Cc1ncsc1CN1Cc2ccnn2[C@H](CCOCC2CC2)C1. The monoisotopic (exact) mass is 332 g/mol. The molecule has 0 unspecified atom stereocenters. The van der Waals surface area contributed by atoms with Crippen LogP contribution in [0.5, 0.6) is 0 Å². The third-order valence-corrected chi connectivity index (χ3v) is 5.73. The van der Waals surface area contributed by atoms with E-state index in [1.807, 2.05) is 11.7 Å². The summed E-state index contributed by atoms with van der Waals surface area (Å²) >= 11 is 1.76. The first-order valence-corrected chi connectivity index (χ1v) is 9.39. The van der Waals surface area contributed by atoms with Crippen molar-refractivity contribution in [3.63, 3.8) is 0 Å². The van der Waals surface area contributed by atoms with Crippen LogP contribution in [-0.2, 0) is 17.8 Å². The number of fused-ring (bicyclic) bond motifs is 1. The fourth-order valence-electron chi connectivity index (χ4n) is 3.23. The molecule has 0 saturated heterocycles. The van der Waals surface area contributed by atoms with Crippen LogP contribution in [-0.4, -0.2) is 39.4 Å². The summed E-state index contributed by atoms with van der Waals surface area (Å²) in [5.74, 6) is 0.840.